The number of pyridine rings is 1. The van der Waals surface area contributed by atoms with Crippen molar-refractivity contribution >= 4 is 0 Å². The number of hydrogen-bond donors (Lipinski definition) is 1. The minimum absolute atomic E-state index is 0.000995. The highest BCUT2D eigenvalue weighted by molar-refractivity contribution is 5.62. The molecule has 0 atom stereocenters. The third kappa shape index (κ3) is 2.70. The molecule has 0 saturated carbocycles. The third-order valence-electron chi connectivity index (χ3n) is 3.04. The van der Waals surface area contributed by atoms with Gasteiger partial charge in [0.05, 0.1) is 5.69 Å². The Kier molecular flexibility index (Phi) is 3.23. The molecule has 3 heteroatoms. The van der Waals surface area contributed by atoms with Crippen molar-refractivity contribution < 1.29 is 5.11 Å². The van der Waals surface area contributed by atoms with Crippen LogP contribution in [0.15, 0.2) is 41.2 Å². The van der Waals surface area contributed by atoms with Crippen LogP contribution < -0.4 is 5.56 Å². The predicted molar refractivity (Wildman–Crippen MR) is 77.5 cm³/mol. The molecule has 0 spiro atoms. The lowest BCUT2D eigenvalue weighted by Crippen LogP contribution is -2.34. The lowest BCUT2D eigenvalue weighted by atomic mass is 10.0. The average molecular weight is 257 g/mol. The van der Waals surface area contributed by atoms with Crippen molar-refractivity contribution in [2.24, 2.45) is 0 Å². The van der Waals surface area contributed by atoms with E-state index in [1.807, 2.05) is 52.0 Å². The van der Waals surface area contributed by atoms with E-state index in [0.29, 0.717) is 0 Å². The Hall–Kier alpha value is -2.03. The van der Waals surface area contributed by atoms with Crippen molar-refractivity contribution in [1.82, 2.24) is 4.57 Å². The zero-order valence-corrected chi connectivity index (χ0v) is 11.8. The van der Waals surface area contributed by atoms with Gasteiger partial charge in [0.2, 0.25) is 0 Å². The summed E-state index contributed by atoms with van der Waals surface area (Å²) in [6.07, 6.45) is 0. The van der Waals surface area contributed by atoms with Crippen LogP contribution in [0.2, 0.25) is 0 Å². The second kappa shape index (κ2) is 4.57. The molecule has 1 N–H and O–H groups in total. The molecular formula is C16H19NO2. The molecule has 19 heavy (non-hydrogen) atoms. The molecule has 0 aliphatic carbocycles. The molecule has 2 rings (SSSR count). The molecule has 0 saturated heterocycles. The van der Waals surface area contributed by atoms with Gasteiger partial charge in [0, 0.05) is 17.7 Å². The van der Waals surface area contributed by atoms with E-state index in [0.717, 1.165) is 16.8 Å². The van der Waals surface area contributed by atoms with Crippen LogP contribution >= 0.6 is 0 Å². The van der Waals surface area contributed by atoms with Crippen LogP contribution in [0.4, 0.5) is 0 Å². The van der Waals surface area contributed by atoms with Gasteiger partial charge < -0.3 is 9.67 Å². The molecule has 0 aliphatic heterocycles. The van der Waals surface area contributed by atoms with Gasteiger partial charge in [-0.1, -0.05) is 29.8 Å². The second-order valence-electron chi connectivity index (χ2n) is 5.81. The van der Waals surface area contributed by atoms with Gasteiger partial charge in [-0.05, 0) is 33.3 Å². The molecular weight excluding hydrogens is 238 g/mol. The highest BCUT2D eigenvalue weighted by atomic mass is 16.3. The second-order valence-corrected chi connectivity index (χ2v) is 5.81. The van der Waals surface area contributed by atoms with Gasteiger partial charge >= 0.3 is 0 Å². The Balaban J connectivity index is 2.75. The van der Waals surface area contributed by atoms with Crippen LogP contribution in [0.3, 0.4) is 0 Å². The summed E-state index contributed by atoms with van der Waals surface area (Å²) in [6, 6.07) is 10.8. The Bertz CT molecular complexity index is 646. The number of hydrogen-bond acceptors (Lipinski definition) is 2. The van der Waals surface area contributed by atoms with Gasteiger partial charge in [-0.15, -0.1) is 0 Å². The van der Waals surface area contributed by atoms with Gasteiger partial charge in [0.25, 0.3) is 5.56 Å². The summed E-state index contributed by atoms with van der Waals surface area (Å²) in [4.78, 5) is 12.2. The van der Waals surface area contributed by atoms with Crippen molar-refractivity contribution in [1.29, 1.82) is 0 Å². The zero-order valence-electron chi connectivity index (χ0n) is 11.8. The largest absolute Gasteiger partial charge is 0.508 e. The van der Waals surface area contributed by atoms with E-state index in [-0.39, 0.29) is 16.8 Å². The molecule has 0 amide bonds. The molecule has 0 bridgehead atoms. The number of nitrogens with zero attached hydrogens (tertiary/aromatic N) is 1. The summed E-state index contributed by atoms with van der Waals surface area (Å²) >= 11 is 0. The lowest BCUT2D eigenvalue weighted by Gasteiger charge is -2.26. The standard InChI is InChI=1S/C16H19NO2/c1-11-5-7-12(8-6-11)14-9-13(18)10-15(19)17(14)16(2,3)4/h5-10,18H,1-4H3. The number of rotatable bonds is 1. The van der Waals surface area contributed by atoms with E-state index in [4.69, 9.17) is 0 Å². The van der Waals surface area contributed by atoms with Gasteiger partial charge in [-0.2, -0.15) is 0 Å². The topological polar surface area (TPSA) is 42.2 Å². The van der Waals surface area contributed by atoms with Gasteiger partial charge in [-0.25, -0.2) is 0 Å². The summed E-state index contributed by atoms with van der Waals surface area (Å²) in [7, 11) is 0. The van der Waals surface area contributed by atoms with Crippen molar-refractivity contribution in [3.05, 3.63) is 52.3 Å². The van der Waals surface area contributed by atoms with Crippen LogP contribution in [0.25, 0.3) is 11.3 Å². The maximum absolute atomic E-state index is 12.2. The van der Waals surface area contributed by atoms with Crippen LogP contribution in [-0.4, -0.2) is 9.67 Å². The Labute approximate surface area is 113 Å². The van der Waals surface area contributed by atoms with E-state index in [1.165, 1.54) is 6.07 Å². The maximum atomic E-state index is 12.2. The fourth-order valence-corrected chi connectivity index (χ4v) is 2.18. The molecule has 1 heterocycles. The number of aromatic hydroxyl groups is 1. The van der Waals surface area contributed by atoms with Crippen LogP contribution in [0, 0.1) is 6.92 Å². The smallest absolute Gasteiger partial charge is 0.255 e. The monoisotopic (exact) mass is 257 g/mol. The summed E-state index contributed by atoms with van der Waals surface area (Å²) in [5.74, 6) is 0.000995. The molecule has 1 aromatic carbocycles. The molecule has 0 fully saturated rings. The molecule has 1 aromatic heterocycles. The van der Waals surface area contributed by atoms with E-state index >= 15 is 0 Å². The molecule has 2 aromatic rings. The Morgan fingerprint density at radius 3 is 2.16 bits per heavy atom. The van der Waals surface area contributed by atoms with Gasteiger partial charge in [-0.3, -0.25) is 4.79 Å². The van der Waals surface area contributed by atoms with E-state index in [1.54, 1.807) is 10.6 Å². The fourth-order valence-electron chi connectivity index (χ4n) is 2.18. The quantitative estimate of drug-likeness (QED) is 0.851. The number of aromatic nitrogens is 1. The minimum atomic E-state index is -0.342. The Morgan fingerprint density at radius 1 is 1.05 bits per heavy atom. The molecule has 0 radical (unpaired) electrons. The highest BCUT2D eigenvalue weighted by Gasteiger charge is 2.19. The highest BCUT2D eigenvalue weighted by Crippen LogP contribution is 2.26. The molecule has 3 nitrogen and oxygen atoms in total. The normalized spacial score (nSPS) is 11.6. The zero-order chi connectivity index (χ0) is 14.2. The Morgan fingerprint density at radius 2 is 1.63 bits per heavy atom. The van der Waals surface area contributed by atoms with E-state index in [2.05, 4.69) is 0 Å². The first-order valence-electron chi connectivity index (χ1n) is 6.32. The van der Waals surface area contributed by atoms with E-state index in [9.17, 15) is 9.90 Å². The summed E-state index contributed by atoms with van der Waals surface area (Å²) in [5, 5.41) is 9.69. The summed E-state index contributed by atoms with van der Waals surface area (Å²) in [5.41, 5.74) is 2.29. The number of benzene rings is 1. The van der Waals surface area contributed by atoms with Gasteiger partial charge in [0.15, 0.2) is 0 Å². The summed E-state index contributed by atoms with van der Waals surface area (Å²) < 4.78 is 1.71. The first kappa shape index (κ1) is 13.4. The average Bonchev–Trinajstić information content (AvgIpc) is 2.26. The van der Waals surface area contributed by atoms with Crippen LogP contribution in [0.5, 0.6) is 5.75 Å². The van der Waals surface area contributed by atoms with Crippen molar-refractivity contribution in [3.63, 3.8) is 0 Å². The fraction of sp³-hybridized carbons (Fsp3) is 0.312. The third-order valence-corrected chi connectivity index (χ3v) is 3.04. The molecule has 0 unspecified atom stereocenters. The summed E-state index contributed by atoms with van der Waals surface area (Å²) in [6.45, 7) is 7.94. The van der Waals surface area contributed by atoms with Crippen molar-refractivity contribution in [3.8, 4) is 17.0 Å². The van der Waals surface area contributed by atoms with E-state index < -0.39 is 0 Å². The lowest BCUT2D eigenvalue weighted by molar-refractivity contribution is 0.384. The van der Waals surface area contributed by atoms with Crippen molar-refractivity contribution in [2.75, 3.05) is 0 Å². The van der Waals surface area contributed by atoms with Gasteiger partial charge in [0.1, 0.15) is 5.75 Å². The minimum Gasteiger partial charge on any atom is -0.508 e. The molecule has 0 aliphatic rings. The van der Waals surface area contributed by atoms with Crippen LogP contribution in [-0.2, 0) is 5.54 Å². The van der Waals surface area contributed by atoms with Crippen molar-refractivity contribution in [2.45, 2.75) is 33.2 Å². The maximum Gasteiger partial charge on any atom is 0.255 e. The SMILES string of the molecule is Cc1ccc(-c2cc(O)cc(=O)n2C(C)(C)C)cc1. The molecule has 100 valence electrons. The number of aryl methyl sites for hydroxylation is 1. The first-order valence-corrected chi connectivity index (χ1v) is 6.32. The predicted octanol–water partition coefficient (Wildman–Crippen LogP) is 3.28. The first-order chi connectivity index (χ1) is 8.79. The van der Waals surface area contributed by atoms with Crippen LogP contribution in [0.1, 0.15) is 26.3 Å².